The first-order valence-corrected chi connectivity index (χ1v) is 7.68. The summed E-state index contributed by atoms with van der Waals surface area (Å²) in [6.45, 7) is 0. The smallest absolute Gasteiger partial charge is 0.138 e. The highest BCUT2D eigenvalue weighted by molar-refractivity contribution is 5.84. The summed E-state index contributed by atoms with van der Waals surface area (Å²) in [6, 6.07) is 21.0. The number of nitrogens with zero attached hydrogens (tertiary/aromatic N) is 1. The zero-order valence-corrected chi connectivity index (χ0v) is 12.9. The van der Waals surface area contributed by atoms with Crippen LogP contribution < -0.4 is 0 Å². The number of rotatable bonds is 8. The van der Waals surface area contributed by atoms with Crippen LogP contribution in [0.3, 0.4) is 0 Å². The lowest BCUT2D eigenvalue weighted by Crippen LogP contribution is -2.14. The second-order valence-corrected chi connectivity index (χ2v) is 5.64. The van der Waals surface area contributed by atoms with Gasteiger partial charge in [-0.05, 0) is 11.1 Å². The molecule has 0 aliphatic rings. The molecule has 0 bridgehead atoms. The van der Waals surface area contributed by atoms with Gasteiger partial charge < -0.3 is 0 Å². The highest BCUT2D eigenvalue weighted by Crippen LogP contribution is 2.13. The largest absolute Gasteiger partial charge is 0.299 e. The Morgan fingerprint density at radius 1 is 0.783 bits per heavy atom. The average Bonchev–Trinajstić information content (AvgIpc) is 2.56. The normalized spacial score (nSPS) is 10.3. The van der Waals surface area contributed by atoms with Crippen LogP contribution in [0, 0.1) is 17.2 Å². The SMILES string of the molecule is N#CC(CC(=O)Cc1ccccc1)CC(=O)Cc1ccccc1. The molecule has 0 fully saturated rings. The third-order valence-electron chi connectivity index (χ3n) is 3.62. The molecule has 0 saturated carbocycles. The fourth-order valence-electron chi connectivity index (χ4n) is 2.50. The molecule has 0 amide bonds. The Balaban J connectivity index is 1.84. The van der Waals surface area contributed by atoms with Crippen LogP contribution in [0.15, 0.2) is 60.7 Å². The van der Waals surface area contributed by atoms with Crippen LogP contribution in [0.1, 0.15) is 24.0 Å². The topological polar surface area (TPSA) is 57.9 Å². The van der Waals surface area contributed by atoms with Crippen molar-refractivity contribution in [2.24, 2.45) is 5.92 Å². The first kappa shape index (κ1) is 16.6. The van der Waals surface area contributed by atoms with Crippen molar-refractivity contribution in [3.8, 4) is 6.07 Å². The number of nitriles is 1. The number of ketones is 2. The standard InChI is InChI=1S/C20H19NO2/c21-15-18(13-19(22)11-16-7-3-1-4-8-16)14-20(23)12-17-9-5-2-6-10-17/h1-10,18H,11-14H2. The number of hydrogen-bond acceptors (Lipinski definition) is 3. The Morgan fingerprint density at radius 3 is 1.52 bits per heavy atom. The van der Waals surface area contributed by atoms with Crippen LogP contribution in [0.4, 0.5) is 0 Å². The van der Waals surface area contributed by atoms with Gasteiger partial charge in [0.2, 0.25) is 0 Å². The summed E-state index contributed by atoms with van der Waals surface area (Å²) in [4.78, 5) is 24.1. The van der Waals surface area contributed by atoms with Crippen molar-refractivity contribution in [3.05, 3.63) is 71.8 Å². The first-order valence-electron chi connectivity index (χ1n) is 7.68. The van der Waals surface area contributed by atoms with E-state index in [1.165, 1.54) is 0 Å². The molecule has 116 valence electrons. The average molecular weight is 305 g/mol. The summed E-state index contributed by atoms with van der Waals surface area (Å²) < 4.78 is 0. The van der Waals surface area contributed by atoms with E-state index in [0.29, 0.717) is 12.8 Å². The Labute approximate surface area is 136 Å². The van der Waals surface area contributed by atoms with Crippen molar-refractivity contribution in [3.63, 3.8) is 0 Å². The maximum atomic E-state index is 12.1. The van der Waals surface area contributed by atoms with Crippen LogP contribution in [-0.4, -0.2) is 11.6 Å². The van der Waals surface area contributed by atoms with Crippen molar-refractivity contribution >= 4 is 11.6 Å². The highest BCUT2D eigenvalue weighted by atomic mass is 16.1. The molecule has 23 heavy (non-hydrogen) atoms. The lowest BCUT2D eigenvalue weighted by Gasteiger charge is -2.08. The summed E-state index contributed by atoms with van der Waals surface area (Å²) in [5.41, 5.74) is 1.87. The van der Waals surface area contributed by atoms with Gasteiger partial charge >= 0.3 is 0 Å². The van der Waals surface area contributed by atoms with Crippen LogP contribution in [0.5, 0.6) is 0 Å². The molecule has 2 aromatic carbocycles. The molecule has 3 nitrogen and oxygen atoms in total. The molecule has 0 heterocycles. The monoisotopic (exact) mass is 305 g/mol. The molecule has 0 aliphatic heterocycles. The molecule has 0 spiro atoms. The maximum Gasteiger partial charge on any atom is 0.138 e. The third-order valence-corrected chi connectivity index (χ3v) is 3.62. The first-order chi connectivity index (χ1) is 11.2. The number of hydrogen-bond donors (Lipinski definition) is 0. The highest BCUT2D eigenvalue weighted by Gasteiger charge is 2.17. The molecule has 0 unspecified atom stereocenters. The van der Waals surface area contributed by atoms with E-state index < -0.39 is 5.92 Å². The molecule has 2 rings (SSSR count). The van der Waals surface area contributed by atoms with Crippen LogP contribution in [0.25, 0.3) is 0 Å². The van der Waals surface area contributed by atoms with E-state index in [1.54, 1.807) is 0 Å². The molecule has 0 N–H and O–H groups in total. The fraction of sp³-hybridized carbons (Fsp3) is 0.250. The van der Waals surface area contributed by atoms with Gasteiger partial charge in [0, 0.05) is 25.7 Å². The lowest BCUT2D eigenvalue weighted by molar-refractivity contribution is -0.120. The quantitative estimate of drug-likeness (QED) is 0.749. The molecular weight excluding hydrogens is 286 g/mol. The van der Waals surface area contributed by atoms with Gasteiger partial charge in [0.15, 0.2) is 0 Å². The minimum atomic E-state index is -0.539. The van der Waals surface area contributed by atoms with Crippen molar-refractivity contribution in [1.29, 1.82) is 5.26 Å². The van der Waals surface area contributed by atoms with Gasteiger partial charge in [0.25, 0.3) is 0 Å². The van der Waals surface area contributed by atoms with E-state index in [2.05, 4.69) is 6.07 Å². The van der Waals surface area contributed by atoms with Crippen molar-refractivity contribution in [1.82, 2.24) is 0 Å². The second kappa shape index (κ2) is 8.65. The molecule has 0 aromatic heterocycles. The third kappa shape index (κ3) is 5.88. The zero-order chi connectivity index (χ0) is 16.5. The van der Waals surface area contributed by atoms with Crippen LogP contribution in [-0.2, 0) is 22.4 Å². The Hall–Kier alpha value is -2.73. The summed E-state index contributed by atoms with van der Waals surface area (Å²) in [5, 5.41) is 9.20. The van der Waals surface area contributed by atoms with E-state index in [-0.39, 0.29) is 24.4 Å². The second-order valence-electron chi connectivity index (χ2n) is 5.64. The Morgan fingerprint density at radius 2 is 1.17 bits per heavy atom. The lowest BCUT2D eigenvalue weighted by atomic mass is 9.93. The van der Waals surface area contributed by atoms with Crippen LogP contribution in [0.2, 0.25) is 0 Å². The molecule has 0 aliphatic carbocycles. The number of Topliss-reactive ketones (excluding diaryl/α,β-unsaturated/α-hetero) is 2. The molecule has 0 saturated heterocycles. The predicted octanol–water partition coefficient (Wildman–Crippen LogP) is 3.53. The minimum absolute atomic E-state index is 0.00439. The summed E-state index contributed by atoms with van der Waals surface area (Å²) in [6.07, 6.45) is 0.885. The maximum absolute atomic E-state index is 12.1. The van der Waals surface area contributed by atoms with Crippen molar-refractivity contribution < 1.29 is 9.59 Å². The van der Waals surface area contributed by atoms with Gasteiger partial charge in [-0.25, -0.2) is 0 Å². The molecule has 0 atom stereocenters. The predicted molar refractivity (Wildman–Crippen MR) is 88.6 cm³/mol. The number of carbonyl (C=O) groups is 2. The summed E-state index contributed by atoms with van der Waals surface area (Å²) in [5.74, 6) is -0.548. The molecular formula is C20H19NO2. The fourth-order valence-corrected chi connectivity index (χ4v) is 2.50. The molecule has 0 radical (unpaired) electrons. The molecule has 2 aromatic rings. The van der Waals surface area contributed by atoms with Gasteiger partial charge in [-0.2, -0.15) is 5.26 Å². The van der Waals surface area contributed by atoms with Gasteiger partial charge in [-0.3, -0.25) is 9.59 Å². The Bertz CT molecular complexity index is 631. The van der Waals surface area contributed by atoms with E-state index in [9.17, 15) is 14.9 Å². The van der Waals surface area contributed by atoms with Gasteiger partial charge in [-0.1, -0.05) is 60.7 Å². The van der Waals surface area contributed by atoms with E-state index in [1.807, 2.05) is 60.7 Å². The summed E-state index contributed by atoms with van der Waals surface area (Å²) >= 11 is 0. The summed E-state index contributed by atoms with van der Waals surface area (Å²) in [7, 11) is 0. The number of carbonyl (C=O) groups excluding carboxylic acids is 2. The van der Waals surface area contributed by atoms with Crippen molar-refractivity contribution in [2.45, 2.75) is 25.7 Å². The van der Waals surface area contributed by atoms with E-state index in [0.717, 1.165) is 11.1 Å². The minimum Gasteiger partial charge on any atom is -0.299 e. The van der Waals surface area contributed by atoms with Gasteiger partial charge in [0.1, 0.15) is 11.6 Å². The van der Waals surface area contributed by atoms with Crippen molar-refractivity contribution in [2.75, 3.05) is 0 Å². The van der Waals surface area contributed by atoms with Gasteiger partial charge in [-0.15, -0.1) is 0 Å². The van der Waals surface area contributed by atoms with Crippen LogP contribution >= 0.6 is 0 Å². The number of benzene rings is 2. The molecule has 3 heteroatoms. The van der Waals surface area contributed by atoms with E-state index in [4.69, 9.17) is 0 Å². The van der Waals surface area contributed by atoms with Gasteiger partial charge in [0.05, 0.1) is 12.0 Å². The van der Waals surface area contributed by atoms with E-state index >= 15 is 0 Å². The Kier molecular flexibility index (Phi) is 6.26. The zero-order valence-electron chi connectivity index (χ0n) is 12.9.